The third-order valence-electron chi connectivity index (χ3n) is 2.19. The summed E-state index contributed by atoms with van der Waals surface area (Å²) in [6.45, 7) is 4.46. The first-order valence-electron chi connectivity index (χ1n) is 4.84. The first-order valence-corrected chi connectivity index (χ1v) is 6.55. The third kappa shape index (κ3) is 4.09. The summed E-state index contributed by atoms with van der Waals surface area (Å²) in [7, 11) is 0. The highest BCUT2D eigenvalue weighted by molar-refractivity contribution is 9.10. The summed E-state index contributed by atoms with van der Waals surface area (Å²) >= 11 is 7.05. The van der Waals surface area contributed by atoms with E-state index in [1.54, 1.807) is 0 Å². The van der Waals surface area contributed by atoms with Gasteiger partial charge >= 0.3 is 0 Å². The van der Waals surface area contributed by atoms with Crippen LogP contribution in [0.3, 0.4) is 0 Å². The molecule has 0 N–H and O–H groups in total. The molecular formula is C11H15Br2N. The van der Waals surface area contributed by atoms with Gasteiger partial charge in [-0.15, -0.1) is 0 Å². The average Bonchev–Trinajstić information content (AvgIpc) is 2.16. The lowest BCUT2D eigenvalue weighted by molar-refractivity contribution is 0.578. The van der Waals surface area contributed by atoms with E-state index in [4.69, 9.17) is 0 Å². The van der Waals surface area contributed by atoms with Crippen molar-refractivity contribution in [3.05, 3.63) is 28.5 Å². The van der Waals surface area contributed by atoms with E-state index < -0.39 is 0 Å². The lowest BCUT2D eigenvalue weighted by Crippen LogP contribution is -2.08. The fourth-order valence-electron chi connectivity index (χ4n) is 1.17. The Balaban J connectivity index is 2.42. The van der Waals surface area contributed by atoms with Crippen molar-refractivity contribution in [3.63, 3.8) is 0 Å². The van der Waals surface area contributed by atoms with Crippen LogP contribution >= 0.6 is 31.9 Å². The van der Waals surface area contributed by atoms with Gasteiger partial charge in [-0.05, 0) is 46.8 Å². The lowest BCUT2D eigenvalue weighted by atomic mass is 10.1. The van der Waals surface area contributed by atoms with Crippen LogP contribution in [-0.2, 0) is 6.42 Å². The maximum absolute atomic E-state index is 4.34. The van der Waals surface area contributed by atoms with Crippen LogP contribution in [-0.4, -0.2) is 9.81 Å². The Kier molecular flexibility index (Phi) is 5.10. The third-order valence-corrected chi connectivity index (χ3v) is 4.17. The SMILES string of the molecule is CC(C)C(Br)CCc1ccc(Br)cn1. The van der Waals surface area contributed by atoms with Crippen molar-refractivity contribution in [2.24, 2.45) is 5.92 Å². The minimum absolute atomic E-state index is 0.591. The van der Waals surface area contributed by atoms with E-state index in [0.717, 1.165) is 17.3 Å². The summed E-state index contributed by atoms with van der Waals surface area (Å²) in [5, 5.41) is 0. The Morgan fingerprint density at radius 2 is 2.07 bits per heavy atom. The first kappa shape index (κ1) is 12.2. The highest BCUT2D eigenvalue weighted by Crippen LogP contribution is 2.18. The zero-order valence-corrected chi connectivity index (χ0v) is 11.7. The molecule has 14 heavy (non-hydrogen) atoms. The molecule has 0 saturated heterocycles. The standard InChI is InChI=1S/C11H15Br2N/c1-8(2)11(13)6-5-10-4-3-9(12)7-14-10/h3-4,7-8,11H,5-6H2,1-2H3. The Bertz CT molecular complexity index is 269. The maximum Gasteiger partial charge on any atom is 0.0413 e. The fraction of sp³-hybridized carbons (Fsp3) is 0.545. The normalized spacial score (nSPS) is 13.2. The van der Waals surface area contributed by atoms with Crippen LogP contribution < -0.4 is 0 Å². The second-order valence-corrected chi connectivity index (χ2v) is 5.86. The van der Waals surface area contributed by atoms with Crippen LogP contribution in [0.25, 0.3) is 0 Å². The number of aromatic nitrogens is 1. The minimum atomic E-state index is 0.591. The van der Waals surface area contributed by atoms with Crippen molar-refractivity contribution in [2.75, 3.05) is 0 Å². The number of nitrogens with zero attached hydrogens (tertiary/aromatic N) is 1. The van der Waals surface area contributed by atoms with Crippen molar-refractivity contribution in [3.8, 4) is 0 Å². The Labute approximate surface area is 103 Å². The molecule has 1 heterocycles. The van der Waals surface area contributed by atoms with Crippen LogP contribution in [0, 0.1) is 5.92 Å². The molecule has 0 aliphatic heterocycles. The van der Waals surface area contributed by atoms with Gasteiger partial charge < -0.3 is 0 Å². The van der Waals surface area contributed by atoms with Crippen LogP contribution in [0.5, 0.6) is 0 Å². The average molecular weight is 321 g/mol. The molecule has 3 heteroatoms. The van der Waals surface area contributed by atoms with Gasteiger partial charge in [-0.1, -0.05) is 29.8 Å². The number of halogens is 2. The monoisotopic (exact) mass is 319 g/mol. The van der Waals surface area contributed by atoms with Gasteiger partial charge in [-0.25, -0.2) is 0 Å². The number of pyridine rings is 1. The van der Waals surface area contributed by atoms with Crippen LogP contribution in [0.2, 0.25) is 0 Å². The first-order chi connectivity index (χ1) is 6.59. The Morgan fingerprint density at radius 1 is 1.36 bits per heavy atom. The highest BCUT2D eigenvalue weighted by Gasteiger charge is 2.08. The lowest BCUT2D eigenvalue weighted by Gasteiger charge is -2.12. The van der Waals surface area contributed by atoms with E-state index in [2.05, 4.69) is 56.8 Å². The summed E-state index contributed by atoms with van der Waals surface area (Å²) in [6.07, 6.45) is 4.04. The molecule has 0 aliphatic carbocycles. The van der Waals surface area contributed by atoms with Gasteiger partial charge in [-0.2, -0.15) is 0 Å². The van der Waals surface area contributed by atoms with Gasteiger partial charge in [0.25, 0.3) is 0 Å². The van der Waals surface area contributed by atoms with E-state index in [9.17, 15) is 0 Å². The molecule has 0 radical (unpaired) electrons. The summed E-state index contributed by atoms with van der Waals surface area (Å²) in [5.41, 5.74) is 1.17. The van der Waals surface area contributed by atoms with Crippen LogP contribution in [0.1, 0.15) is 26.0 Å². The molecule has 0 amide bonds. The molecule has 1 aromatic heterocycles. The largest absolute Gasteiger partial charge is 0.260 e. The predicted octanol–water partition coefficient (Wildman–Crippen LogP) is 4.20. The van der Waals surface area contributed by atoms with E-state index in [1.807, 2.05) is 12.3 Å². The molecule has 1 nitrogen and oxygen atoms in total. The van der Waals surface area contributed by atoms with Crippen LogP contribution in [0.4, 0.5) is 0 Å². The topological polar surface area (TPSA) is 12.9 Å². The molecule has 0 aromatic carbocycles. The molecule has 1 unspecified atom stereocenters. The van der Waals surface area contributed by atoms with Gasteiger partial charge in [0.15, 0.2) is 0 Å². The van der Waals surface area contributed by atoms with E-state index >= 15 is 0 Å². The number of aryl methyl sites for hydroxylation is 1. The Morgan fingerprint density at radius 3 is 2.57 bits per heavy atom. The number of hydrogen-bond donors (Lipinski definition) is 0. The molecule has 0 saturated carbocycles. The fourth-order valence-corrected chi connectivity index (χ4v) is 1.64. The van der Waals surface area contributed by atoms with Gasteiger partial charge in [0.2, 0.25) is 0 Å². The van der Waals surface area contributed by atoms with Crippen molar-refractivity contribution in [1.29, 1.82) is 0 Å². The maximum atomic E-state index is 4.34. The summed E-state index contributed by atoms with van der Waals surface area (Å²) in [4.78, 5) is 4.93. The molecule has 0 aliphatic rings. The second kappa shape index (κ2) is 5.86. The molecule has 0 bridgehead atoms. The van der Waals surface area contributed by atoms with Gasteiger partial charge in [-0.3, -0.25) is 4.98 Å². The smallest absolute Gasteiger partial charge is 0.0413 e. The quantitative estimate of drug-likeness (QED) is 0.758. The highest BCUT2D eigenvalue weighted by atomic mass is 79.9. The van der Waals surface area contributed by atoms with Crippen molar-refractivity contribution >= 4 is 31.9 Å². The van der Waals surface area contributed by atoms with Gasteiger partial charge in [0.1, 0.15) is 0 Å². The second-order valence-electron chi connectivity index (χ2n) is 3.77. The number of rotatable bonds is 4. The van der Waals surface area contributed by atoms with Crippen molar-refractivity contribution < 1.29 is 0 Å². The minimum Gasteiger partial charge on any atom is -0.260 e. The van der Waals surface area contributed by atoms with E-state index in [0.29, 0.717) is 10.7 Å². The number of alkyl halides is 1. The summed E-state index contributed by atoms with van der Waals surface area (Å²) in [5.74, 6) is 0.686. The van der Waals surface area contributed by atoms with Gasteiger partial charge in [0.05, 0.1) is 0 Å². The molecular weight excluding hydrogens is 306 g/mol. The molecule has 0 spiro atoms. The molecule has 0 fully saturated rings. The summed E-state index contributed by atoms with van der Waals surface area (Å²) in [6, 6.07) is 4.12. The van der Waals surface area contributed by atoms with Gasteiger partial charge in [0, 0.05) is 21.2 Å². The molecule has 1 rings (SSSR count). The molecule has 78 valence electrons. The number of hydrogen-bond acceptors (Lipinski definition) is 1. The zero-order chi connectivity index (χ0) is 10.6. The van der Waals surface area contributed by atoms with E-state index in [1.165, 1.54) is 5.69 Å². The summed E-state index contributed by atoms with van der Waals surface area (Å²) < 4.78 is 1.04. The molecule has 1 atom stereocenters. The van der Waals surface area contributed by atoms with Crippen LogP contribution in [0.15, 0.2) is 22.8 Å². The van der Waals surface area contributed by atoms with Crippen molar-refractivity contribution in [1.82, 2.24) is 4.98 Å². The molecule has 1 aromatic rings. The van der Waals surface area contributed by atoms with E-state index in [-0.39, 0.29) is 0 Å². The Hall–Kier alpha value is 0.110. The zero-order valence-electron chi connectivity index (χ0n) is 8.50. The predicted molar refractivity (Wildman–Crippen MR) is 67.8 cm³/mol. The van der Waals surface area contributed by atoms with Crippen molar-refractivity contribution in [2.45, 2.75) is 31.5 Å².